The molecule has 1 aliphatic carbocycles. The number of rotatable bonds is 12. The second-order valence-electron chi connectivity index (χ2n) is 8.55. The van der Waals surface area contributed by atoms with Crippen molar-refractivity contribution in [1.82, 2.24) is 0 Å². The van der Waals surface area contributed by atoms with E-state index in [0.717, 1.165) is 18.3 Å². The van der Waals surface area contributed by atoms with Crippen molar-refractivity contribution in [3.05, 3.63) is 59.7 Å². The number of unbranched alkanes of at least 4 members (excludes halogenated alkanes) is 2. The van der Waals surface area contributed by atoms with Crippen LogP contribution in [0, 0.1) is 23.2 Å². The number of hydrogen-bond donors (Lipinski definition) is 0. The molecule has 152 valence electrons. The lowest BCUT2D eigenvalue weighted by molar-refractivity contribution is 0.250. The summed E-state index contributed by atoms with van der Waals surface area (Å²) in [5.74, 6) is 1.90. The van der Waals surface area contributed by atoms with Gasteiger partial charge in [0, 0.05) is 6.08 Å². The Hall–Kier alpha value is -1.81. The van der Waals surface area contributed by atoms with E-state index in [0.29, 0.717) is 0 Å². The maximum absolute atomic E-state index is 8.45. The second-order valence-corrected chi connectivity index (χ2v) is 8.55. The fraction of sp³-hybridized carbons (Fsp3) is 0.593. The van der Waals surface area contributed by atoms with Gasteiger partial charge in [0.1, 0.15) is 0 Å². The summed E-state index contributed by atoms with van der Waals surface area (Å²) in [5, 5.41) is 8.45. The normalized spacial score (nSPS) is 20.0. The molecule has 0 aliphatic heterocycles. The first-order chi connectivity index (χ1) is 13.8. The van der Waals surface area contributed by atoms with E-state index in [1.165, 1.54) is 94.3 Å². The maximum Gasteiger partial charge on any atom is 0.0912 e. The minimum atomic E-state index is 0.923. The number of aryl methyl sites for hydroxylation is 2. The number of hydrogen-bond acceptors (Lipinski definition) is 1. The Morgan fingerprint density at radius 2 is 1.46 bits per heavy atom. The summed E-state index contributed by atoms with van der Waals surface area (Å²) < 4.78 is 0. The summed E-state index contributed by atoms with van der Waals surface area (Å²) in [6, 6.07) is 11.4. The van der Waals surface area contributed by atoms with Crippen molar-refractivity contribution in [2.45, 2.75) is 90.4 Å². The Kier molecular flexibility index (Phi) is 11.4. The first-order valence-electron chi connectivity index (χ1n) is 11.6. The molecule has 1 saturated carbocycles. The third-order valence-electron chi connectivity index (χ3n) is 6.30. The zero-order valence-electron chi connectivity index (χ0n) is 17.9. The van der Waals surface area contributed by atoms with Crippen molar-refractivity contribution in [2.75, 3.05) is 0 Å². The summed E-state index contributed by atoms with van der Waals surface area (Å²) in [6.07, 6.45) is 25.0. The lowest BCUT2D eigenvalue weighted by Gasteiger charge is -2.28. The van der Waals surface area contributed by atoms with E-state index in [-0.39, 0.29) is 0 Å². The van der Waals surface area contributed by atoms with Gasteiger partial charge in [-0.2, -0.15) is 5.26 Å². The number of benzene rings is 1. The smallest absolute Gasteiger partial charge is 0.0912 e. The number of allylic oxidation sites excluding steroid dienone is 4. The molecule has 1 heteroatoms. The van der Waals surface area contributed by atoms with Crippen molar-refractivity contribution in [3.8, 4) is 6.07 Å². The van der Waals surface area contributed by atoms with E-state index in [4.69, 9.17) is 5.26 Å². The Morgan fingerprint density at radius 1 is 0.857 bits per heavy atom. The summed E-state index contributed by atoms with van der Waals surface area (Å²) in [4.78, 5) is 0. The molecule has 0 unspecified atom stereocenters. The van der Waals surface area contributed by atoms with Gasteiger partial charge in [0.05, 0.1) is 6.07 Å². The van der Waals surface area contributed by atoms with Crippen LogP contribution in [0.4, 0.5) is 0 Å². The van der Waals surface area contributed by atoms with Crippen molar-refractivity contribution in [2.24, 2.45) is 11.8 Å². The van der Waals surface area contributed by atoms with E-state index >= 15 is 0 Å². The quantitative estimate of drug-likeness (QED) is 0.206. The number of nitrogens with zero attached hydrogens (tertiary/aromatic N) is 1. The van der Waals surface area contributed by atoms with Gasteiger partial charge in [-0.1, -0.05) is 94.4 Å². The Labute approximate surface area is 173 Å². The minimum Gasteiger partial charge on any atom is -0.193 e. The molecule has 0 radical (unpaired) electrons. The highest BCUT2D eigenvalue weighted by Crippen LogP contribution is 2.34. The van der Waals surface area contributed by atoms with Crippen LogP contribution in [0.5, 0.6) is 0 Å². The van der Waals surface area contributed by atoms with E-state index in [1.807, 2.05) is 18.2 Å². The molecule has 0 saturated heterocycles. The molecule has 0 aromatic heterocycles. The van der Waals surface area contributed by atoms with Crippen LogP contribution in [0.2, 0.25) is 0 Å². The molecule has 1 fully saturated rings. The van der Waals surface area contributed by atoms with Gasteiger partial charge >= 0.3 is 0 Å². The van der Waals surface area contributed by atoms with Gasteiger partial charge in [0.2, 0.25) is 0 Å². The zero-order valence-corrected chi connectivity index (χ0v) is 17.9. The van der Waals surface area contributed by atoms with E-state index < -0.39 is 0 Å². The minimum absolute atomic E-state index is 0.923. The summed E-state index contributed by atoms with van der Waals surface area (Å²) in [5.41, 5.74) is 3.01. The molecule has 1 aromatic carbocycles. The topological polar surface area (TPSA) is 23.8 Å². The Morgan fingerprint density at radius 3 is 2.07 bits per heavy atom. The van der Waals surface area contributed by atoms with Gasteiger partial charge in [0.15, 0.2) is 0 Å². The van der Waals surface area contributed by atoms with Gasteiger partial charge in [-0.05, 0) is 61.5 Å². The van der Waals surface area contributed by atoms with Gasteiger partial charge in [-0.3, -0.25) is 0 Å². The first kappa shape index (κ1) is 22.5. The van der Waals surface area contributed by atoms with Gasteiger partial charge in [-0.25, -0.2) is 0 Å². The van der Waals surface area contributed by atoms with Crippen LogP contribution in [0.25, 0.3) is 0 Å². The SMILES string of the molecule is CCCCc1ccc(CCCCC2CCC(CC/C=C/C=C/C#N)CC2)cc1. The van der Waals surface area contributed by atoms with E-state index in [2.05, 4.69) is 37.3 Å². The number of nitriles is 1. The predicted octanol–water partition coefficient (Wildman–Crippen LogP) is 7.96. The average molecular weight is 378 g/mol. The third-order valence-corrected chi connectivity index (χ3v) is 6.30. The molecule has 1 aromatic rings. The Balaban J connectivity index is 1.52. The fourth-order valence-electron chi connectivity index (χ4n) is 4.43. The molecule has 28 heavy (non-hydrogen) atoms. The lowest BCUT2D eigenvalue weighted by Crippen LogP contribution is -2.14. The van der Waals surface area contributed by atoms with Crippen molar-refractivity contribution in [3.63, 3.8) is 0 Å². The third kappa shape index (κ3) is 9.41. The molecule has 1 nitrogen and oxygen atoms in total. The molecule has 0 bridgehead atoms. The van der Waals surface area contributed by atoms with Crippen molar-refractivity contribution >= 4 is 0 Å². The van der Waals surface area contributed by atoms with Gasteiger partial charge in [0.25, 0.3) is 0 Å². The zero-order chi connectivity index (χ0) is 19.9. The van der Waals surface area contributed by atoms with Crippen LogP contribution in [-0.2, 0) is 12.8 Å². The summed E-state index contributed by atoms with van der Waals surface area (Å²) >= 11 is 0. The molecule has 0 spiro atoms. The highest BCUT2D eigenvalue weighted by Gasteiger charge is 2.20. The molecular formula is C27H39N. The molecule has 0 heterocycles. The highest BCUT2D eigenvalue weighted by molar-refractivity contribution is 5.22. The van der Waals surface area contributed by atoms with Crippen molar-refractivity contribution < 1.29 is 0 Å². The summed E-state index contributed by atoms with van der Waals surface area (Å²) in [6.45, 7) is 2.26. The van der Waals surface area contributed by atoms with Crippen LogP contribution in [0.3, 0.4) is 0 Å². The van der Waals surface area contributed by atoms with Crippen LogP contribution >= 0.6 is 0 Å². The molecule has 0 atom stereocenters. The average Bonchev–Trinajstić information content (AvgIpc) is 2.74. The predicted molar refractivity (Wildman–Crippen MR) is 121 cm³/mol. The molecule has 0 N–H and O–H groups in total. The monoisotopic (exact) mass is 377 g/mol. The maximum atomic E-state index is 8.45. The summed E-state index contributed by atoms with van der Waals surface area (Å²) in [7, 11) is 0. The molecule has 2 rings (SSSR count). The standard InChI is InChI=1S/C27H39N/c1-2-3-11-24-15-17-26(18-16-24)13-8-9-14-27-21-19-25(20-22-27)12-7-5-4-6-10-23-28/h4-6,10,15-18,25,27H,2-3,7-9,11-14,19-22H2,1H3/b5-4+,10-6+. The molecule has 1 aliphatic rings. The lowest BCUT2D eigenvalue weighted by atomic mass is 9.78. The second kappa shape index (κ2) is 14.2. The highest BCUT2D eigenvalue weighted by atomic mass is 14.3. The van der Waals surface area contributed by atoms with Gasteiger partial charge < -0.3 is 0 Å². The van der Waals surface area contributed by atoms with Gasteiger partial charge in [-0.15, -0.1) is 0 Å². The first-order valence-corrected chi connectivity index (χ1v) is 11.6. The van der Waals surface area contributed by atoms with Crippen LogP contribution < -0.4 is 0 Å². The van der Waals surface area contributed by atoms with Crippen LogP contribution in [0.15, 0.2) is 48.6 Å². The molecule has 0 amide bonds. The molecular weight excluding hydrogens is 338 g/mol. The van der Waals surface area contributed by atoms with Crippen LogP contribution in [-0.4, -0.2) is 0 Å². The van der Waals surface area contributed by atoms with E-state index in [9.17, 15) is 0 Å². The fourth-order valence-corrected chi connectivity index (χ4v) is 4.43. The largest absolute Gasteiger partial charge is 0.193 e. The van der Waals surface area contributed by atoms with Crippen molar-refractivity contribution in [1.29, 1.82) is 5.26 Å². The van der Waals surface area contributed by atoms with E-state index in [1.54, 1.807) is 0 Å². The Bertz CT molecular complexity index is 609. The van der Waals surface area contributed by atoms with Crippen LogP contribution in [0.1, 0.15) is 88.7 Å².